The Balaban J connectivity index is 5.54. The lowest BCUT2D eigenvalue weighted by atomic mass is 9.53. The van der Waals surface area contributed by atoms with Crippen LogP contribution < -0.4 is 0 Å². The zero-order valence-electron chi connectivity index (χ0n) is 11.4. The second-order valence-corrected chi connectivity index (χ2v) is 5.61. The Labute approximate surface area is 109 Å². The first-order chi connectivity index (χ1) is 8.24. The standard InChI is InChI=1S/C14H18N4/c1-12(2,7-5-6-8-15)14(10-17,11-18)13(3,4)9-16/h5-7H2,1-4H3. The van der Waals surface area contributed by atoms with Crippen molar-refractivity contribution in [1.29, 1.82) is 21.0 Å². The first-order valence-corrected chi connectivity index (χ1v) is 5.85. The molecule has 4 nitrogen and oxygen atoms in total. The van der Waals surface area contributed by atoms with E-state index in [1.165, 1.54) is 0 Å². The Bertz CT molecular complexity index is 446. The summed E-state index contributed by atoms with van der Waals surface area (Å²) in [5.41, 5.74) is -3.09. The monoisotopic (exact) mass is 242 g/mol. The SMILES string of the molecule is CC(C)(C#N)C(C#N)(C#N)C(C)(C)CCCC#N. The molecule has 4 heteroatoms. The molecule has 0 unspecified atom stereocenters. The van der Waals surface area contributed by atoms with E-state index in [0.29, 0.717) is 19.3 Å². The van der Waals surface area contributed by atoms with Gasteiger partial charge in [-0.3, -0.25) is 0 Å². The van der Waals surface area contributed by atoms with Gasteiger partial charge in [0.05, 0.1) is 29.7 Å². The summed E-state index contributed by atoms with van der Waals surface area (Å²) in [4.78, 5) is 0. The molecule has 0 heterocycles. The van der Waals surface area contributed by atoms with E-state index >= 15 is 0 Å². The van der Waals surface area contributed by atoms with Crippen molar-refractivity contribution in [3.05, 3.63) is 0 Å². The molecular formula is C14H18N4. The number of unbranched alkanes of at least 4 members (excludes halogenated alkanes) is 1. The highest BCUT2D eigenvalue weighted by molar-refractivity contribution is 5.29. The summed E-state index contributed by atoms with van der Waals surface area (Å²) in [5.74, 6) is 0. The quantitative estimate of drug-likeness (QED) is 0.691. The van der Waals surface area contributed by atoms with Gasteiger partial charge in [-0.2, -0.15) is 21.0 Å². The van der Waals surface area contributed by atoms with Crippen LogP contribution >= 0.6 is 0 Å². The van der Waals surface area contributed by atoms with Gasteiger partial charge in [0, 0.05) is 6.42 Å². The van der Waals surface area contributed by atoms with Crippen molar-refractivity contribution in [3.63, 3.8) is 0 Å². The summed E-state index contributed by atoms with van der Waals surface area (Å²) in [6.45, 7) is 6.86. The van der Waals surface area contributed by atoms with Gasteiger partial charge in [0.15, 0.2) is 5.41 Å². The molecule has 0 saturated heterocycles. The van der Waals surface area contributed by atoms with Crippen molar-refractivity contribution in [1.82, 2.24) is 0 Å². The van der Waals surface area contributed by atoms with Gasteiger partial charge < -0.3 is 0 Å². The van der Waals surface area contributed by atoms with E-state index in [2.05, 4.69) is 18.2 Å². The van der Waals surface area contributed by atoms with Gasteiger partial charge in [-0.25, -0.2) is 0 Å². The van der Waals surface area contributed by atoms with Crippen molar-refractivity contribution in [3.8, 4) is 24.3 Å². The van der Waals surface area contributed by atoms with Crippen LogP contribution in [0.1, 0.15) is 47.0 Å². The van der Waals surface area contributed by atoms with Crippen LogP contribution in [0.5, 0.6) is 0 Å². The van der Waals surface area contributed by atoms with Crippen LogP contribution in [0.2, 0.25) is 0 Å². The minimum absolute atomic E-state index is 0.392. The zero-order chi connectivity index (χ0) is 14.4. The molecule has 0 aliphatic carbocycles. The van der Waals surface area contributed by atoms with E-state index in [9.17, 15) is 15.8 Å². The predicted octanol–water partition coefficient (Wildman–Crippen LogP) is 3.29. The Morgan fingerprint density at radius 3 is 1.67 bits per heavy atom. The number of rotatable bonds is 5. The van der Waals surface area contributed by atoms with Gasteiger partial charge in [0.2, 0.25) is 0 Å². The fourth-order valence-electron chi connectivity index (χ4n) is 2.33. The normalized spacial score (nSPS) is 11.8. The summed E-state index contributed by atoms with van der Waals surface area (Å²) in [5, 5.41) is 36.7. The Morgan fingerprint density at radius 2 is 1.33 bits per heavy atom. The smallest absolute Gasteiger partial charge is 0.166 e. The molecule has 0 fully saturated rings. The molecule has 0 amide bonds. The first-order valence-electron chi connectivity index (χ1n) is 5.85. The average molecular weight is 242 g/mol. The van der Waals surface area contributed by atoms with E-state index in [-0.39, 0.29) is 0 Å². The van der Waals surface area contributed by atoms with Crippen LogP contribution in [0.4, 0.5) is 0 Å². The molecule has 0 aromatic rings. The Kier molecular flexibility index (Phi) is 4.90. The lowest BCUT2D eigenvalue weighted by molar-refractivity contribution is 0.0824. The predicted molar refractivity (Wildman–Crippen MR) is 66.3 cm³/mol. The summed E-state index contributed by atoms with van der Waals surface area (Å²) in [6.07, 6.45) is 1.58. The molecule has 0 aromatic heterocycles. The van der Waals surface area contributed by atoms with Crippen LogP contribution in [0.3, 0.4) is 0 Å². The third-order valence-corrected chi connectivity index (χ3v) is 3.66. The van der Waals surface area contributed by atoms with E-state index in [1.807, 2.05) is 19.9 Å². The highest BCUT2D eigenvalue weighted by Crippen LogP contribution is 2.53. The van der Waals surface area contributed by atoms with Crippen LogP contribution in [0.15, 0.2) is 0 Å². The second kappa shape index (κ2) is 5.53. The van der Waals surface area contributed by atoms with Crippen molar-refractivity contribution in [2.24, 2.45) is 16.2 Å². The van der Waals surface area contributed by atoms with Gasteiger partial charge in [0.1, 0.15) is 0 Å². The molecule has 0 aromatic carbocycles. The molecule has 0 spiro atoms. The Morgan fingerprint density at radius 1 is 0.833 bits per heavy atom. The van der Waals surface area contributed by atoms with E-state index < -0.39 is 16.2 Å². The maximum absolute atomic E-state index is 9.45. The molecule has 0 rings (SSSR count). The molecule has 0 atom stereocenters. The number of hydrogen-bond donors (Lipinski definition) is 0. The molecule has 0 bridgehead atoms. The topological polar surface area (TPSA) is 95.2 Å². The van der Waals surface area contributed by atoms with Gasteiger partial charge >= 0.3 is 0 Å². The van der Waals surface area contributed by atoms with E-state index in [1.54, 1.807) is 13.8 Å². The molecule has 18 heavy (non-hydrogen) atoms. The summed E-state index contributed by atoms with van der Waals surface area (Å²) < 4.78 is 0. The van der Waals surface area contributed by atoms with E-state index in [0.717, 1.165) is 0 Å². The molecule has 0 N–H and O–H groups in total. The first kappa shape index (κ1) is 16.0. The lowest BCUT2D eigenvalue weighted by Crippen LogP contribution is -2.46. The number of nitrogens with zero attached hydrogens (tertiary/aromatic N) is 4. The molecule has 94 valence electrons. The van der Waals surface area contributed by atoms with Crippen molar-refractivity contribution in [2.75, 3.05) is 0 Å². The number of nitriles is 4. The molecule has 0 aliphatic heterocycles. The third kappa shape index (κ3) is 2.45. The lowest BCUT2D eigenvalue weighted by Gasteiger charge is -2.43. The van der Waals surface area contributed by atoms with Crippen LogP contribution in [-0.4, -0.2) is 0 Å². The van der Waals surface area contributed by atoms with Crippen LogP contribution in [-0.2, 0) is 0 Å². The average Bonchev–Trinajstić information content (AvgIpc) is 2.30. The number of hydrogen-bond acceptors (Lipinski definition) is 4. The van der Waals surface area contributed by atoms with Crippen LogP contribution in [0.25, 0.3) is 0 Å². The third-order valence-electron chi connectivity index (χ3n) is 3.66. The van der Waals surface area contributed by atoms with Crippen molar-refractivity contribution in [2.45, 2.75) is 47.0 Å². The van der Waals surface area contributed by atoms with E-state index in [4.69, 9.17) is 5.26 Å². The van der Waals surface area contributed by atoms with Crippen molar-refractivity contribution < 1.29 is 0 Å². The van der Waals surface area contributed by atoms with Crippen molar-refractivity contribution >= 4 is 0 Å². The molecular weight excluding hydrogens is 224 g/mol. The molecule has 0 aliphatic rings. The van der Waals surface area contributed by atoms with Gasteiger partial charge in [0.25, 0.3) is 0 Å². The highest BCUT2D eigenvalue weighted by atomic mass is 14.6. The van der Waals surface area contributed by atoms with Gasteiger partial charge in [-0.05, 0) is 32.1 Å². The minimum atomic E-state index is -1.38. The zero-order valence-corrected chi connectivity index (χ0v) is 11.4. The second-order valence-electron chi connectivity index (χ2n) is 5.61. The largest absolute Gasteiger partial charge is 0.198 e. The highest BCUT2D eigenvalue weighted by Gasteiger charge is 2.56. The maximum atomic E-state index is 9.45. The van der Waals surface area contributed by atoms with Gasteiger partial charge in [-0.1, -0.05) is 13.8 Å². The Hall–Kier alpha value is -2.04. The summed E-state index contributed by atoms with van der Waals surface area (Å²) >= 11 is 0. The van der Waals surface area contributed by atoms with Gasteiger partial charge in [-0.15, -0.1) is 0 Å². The fraction of sp³-hybridized carbons (Fsp3) is 0.714. The maximum Gasteiger partial charge on any atom is 0.166 e. The van der Waals surface area contributed by atoms with Crippen LogP contribution in [0, 0.1) is 61.6 Å². The minimum Gasteiger partial charge on any atom is -0.198 e. The summed E-state index contributed by atoms with van der Waals surface area (Å²) in [6, 6.07) is 8.23. The fourth-order valence-corrected chi connectivity index (χ4v) is 2.33. The molecule has 0 saturated carbocycles. The molecule has 0 radical (unpaired) electrons. The summed E-state index contributed by atoms with van der Waals surface area (Å²) in [7, 11) is 0.